The van der Waals surface area contributed by atoms with Crippen molar-refractivity contribution in [3.8, 4) is 0 Å². The van der Waals surface area contributed by atoms with Crippen LogP contribution in [0.3, 0.4) is 0 Å². The summed E-state index contributed by atoms with van der Waals surface area (Å²) in [5.41, 5.74) is 1.24. The lowest BCUT2D eigenvalue weighted by atomic mass is 9.99. The molecule has 100 valence electrons. The lowest BCUT2D eigenvalue weighted by Crippen LogP contribution is -2.18. The minimum Gasteiger partial charge on any atom is -0.378 e. The average molecular weight is 333 g/mol. The first-order valence-electron chi connectivity index (χ1n) is 6.44. The van der Waals surface area contributed by atoms with Crippen molar-refractivity contribution in [2.24, 2.45) is 0 Å². The smallest absolute Gasteiger partial charge is 0.0576 e. The fraction of sp³-hybridized carbons (Fsp3) is 0.571. The third kappa shape index (κ3) is 3.70. The van der Waals surface area contributed by atoms with Gasteiger partial charge >= 0.3 is 0 Å². The van der Waals surface area contributed by atoms with Gasteiger partial charge < -0.3 is 10.1 Å². The Labute approximate surface area is 122 Å². The molecule has 1 fully saturated rings. The molecule has 18 heavy (non-hydrogen) atoms. The van der Waals surface area contributed by atoms with Crippen molar-refractivity contribution in [3.63, 3.8) is 0 Å². The molecule has 0 bridgehead atoms. The molecule has 2 rings (SSSR count). The van der Waals surface area contributed by atoms with E-state index in [1.54, 1.807) is 0 Å². The van der Waals surface area contributed by atoms with Crippen LogP contribution in [0.2, 0.25) is 5.02 Å². The third-order valence-electron chi connectivity index (χ3n) is 3.50. The molecular formula is C14H19BrClNO. The molecule has 0 spiro atoms. The van der Waals surface area contributed by atoms with Gasteiger partial charge in [0.15, 0.2) is 0 Å². The van der Waals surface area contributed by atoms with Crippen molar-refractivity contribution in [1.29, 1.82) is 0 Å². The van der Waals surface area contributed by atoms with Crippen LogP contribution in [0.4, 0.5) is 0 Å². The van der Waals surface area contributed by atoms with Gasteiger partial charge in [0.2, 0.25) is 0 Å². The predicted molar refractivity (Wildman–Crippen MR) is 79.2 cm³/mol. The van der Waals surface area contributed by atoms with Gasteiger partial charge in [-0.15, -0.1) is 0 Å². The van der Waals surface area contributed by atoms with Gasteiger partial charge in [-0.2, -0.15) is 0 Å². The fourth-order valence-electron chi connectivity index (χ4n) is 2.43. The maximum atomic E-state index is 6.14. The quantitative estimate of drug-likeness (QED) is 0.867. The first kappa shape index (κ1) is 14.3. The maximum Gasteiger partial charge on any atom is 0.0576 e. The molecule has 1 aromatic carbocycles. The van der Waals surface area contributed by atoms with E-state index in [0.717, 1.165) is 28.9 Å². The van der Waals surface area contributed by atoms with E-state index in [0.29, 0.717) is 12.1 Å². The van der Waals surface area contributed by atoms with Crippen LogP contribution in [0, 0.1) is 0 Å². The van der Waals surface area contributed by atoms with E-state index in [4.69, 9.17) is 16.3 Å². The number of hydrogen-bond acceptors (Lipinski definition) is 2. The number of rotatable bonds is 5. The zero-order valence-electron chi connectivity index (χ0n) is 10.6. The highest BCUT2D eigenvalue weighted by molar-refractivity contribution is 9.10. The van der Waals surface area contributed by atoms with Crippen LogP contribution in [-0.2, 0) is 4.74 Å². The van der Waals surface area contributed by atoms with E-state index >= 15 is 0 Å². The zero-order valence-corrected chi connectivity index (χ0v) is 12.9. The highest BCUT2D eigenvalue weighted by Gasteiger charge is 2.18. The zero-order chi connectivity index (χ0) is 13.0. The summed E-state index contributed by atoms with van der Waals surface area (Å²) in [4.78, 5) is 0. The Morgan fingerprint density at radius 2 is 2.39 bits per heavy atom. The summed E-state index contributed by atoms with van der Waals surface area (Å²) >= 11 is 9.56. The lowest BCUT2D eigenvalue weighted by Gasteiger charge is -2.19. The van der Waals surface area contributed by atoms with Gasteiger partial charge in [0.1, 0.15) is 0 Å². The second-order valence-corrected chi connectivity index (χ2v) is 5.99. The van der Waals surface area contributed by atoms with Gasteiger partial charge in [0.05, 0.1) is 11.1 Å². The Bertz CT molecular complexity index is 393. The Balaban J connectivity index is 1.96. The van der Waals surface area contributed by atoms with Crippen LogP contribution in [0.15, 0.2) is 22.7 Å². The summed E-state index contributed by atoms with van der Waals surface area (Å²) in [6, 6.07) is 6.50. The molecule has 1 aliphatic heterocycles. The molecule has 1 heterocycles. The van der Waals surface area contributed by atoms with Gasteiger partial charge in [0, 0.05) is 17.1 Å². The minimum absolute atomic E-state index is 0.347. The first-order chi connectivity index (χ1) is 8.70. The molecule has 1 aromatic rings. The van der Waals surface area contributed by atoms with Crippen molar-refractivity contribution >= 4 is 27.5 Å². The number of hydrogen-bond donors (Lipinski definition) is 1. The van der Waals surface area contributed by atoms with E-state index in [9.17, 15) is 0 Å². The largest absolute Gasteiger partial charge is 0.378 e. The summed E-state index contributed by atoms with van der Waals surface area (Å²) in [6.45, 7) is 0.930. The number of ether oxygens (including phenoxy) is 1. The summed E-state index contributed by atoms with van der Waals surface area (Å²) in [7, 11) is 2.00. The van der Waals surface area contributed by atoms with Crippen LogP contribution in [0.25, 0.3) is 0 Å². The Morgan fingerprint density at radius 1 is 1.56 bits per heavy atom. The molecule has 2 nitrogen and oxygen atoms in total. The standard InChI is InChI=1S/C14H19BrClNO/c1-17-14(7-5-11-3-2-8-18-11)10-4-6-12(15)13(16)9-10/h4,6,9,11,14,17H,2-3,5,7-8H2,1H3. The van der Waals surface area contributed by atoms with Crippen LogP contribution in [-0.4, -0.2) is 19.8 Å². The highest BCUT2D eigenvalue weighted by Crippen LogP contribution is 2.29. The Morgan fingerprint density at radius 3 is 3.00 bits per heavy atom. The molecule has 0 radical (unpaired) electrons. The fourth-order valence-corrected chi connectivity index (χ4v) is 2.87. The van der Waals surface area contributed by atoms with Crippen LogP contribution < -0.4 is 5.32 Å². The van der Waals surface area contributed by atoms with Crippen molar-refractivity contribution in [2.45, 2.75) is 37.8 Å². The van der Waals surface area contributed by atoms with Gasteiger partial charge in [0.25, 0.3) is 0 Å². The Hall–Kier alpha value is -0.0900. The summed E-state index contributed by atoms with van der Waals surface area (Å²) in [6.07, 6.45) is 5.06. The predicted octanol–water partition coefficient (Wildman–Crippen LogP) is 4.32. The molecule has 4 heteroatoms. The molecule has 2 unspecified atom stereocenters. The number of nitrogens with one attached hydrogen (secondary N) is 1. The minimum atomic E-state index is 0.347. The summed E-state index contributed by atoms with van der Waals surface area (Å²) in [5, 5.41) is 4.13. The van der Waals surface area contributed by atoms with Gasteiger partial charge in [-0.05, 0) is 66.4 Å². The maximum absolute atomic E-state index is 6.14. The molecular weight excluding hydrogens is 314 g/mol. The van der Waals surface area contributed by atoms with Crippen molar-refractivity contribution in [3.05, 3.63) is 33.3 Å². The van der Waals surface area contributed by atoms with Crippen LogP contribution in [0.1, 0.15) is 37.3 Å². The second kappa shape index (κ2) is 6.90. The lowest BCUT2D eigenvalue weighted by molar-refractivity contribution is 0.0998. The van der Waals surface area contributed by atoms with Crippen LogP contribution in [0.5, 0.6) is 0 Å². The van der Waals surface area contributed by atoms with Gasteiger partial charge in [-0.1, -0.05) is 17.7 Å². The topological polar surface area (TPSA) is 21.3 Å². The van der Waals surface area contributed by atoms with Crippen LogP contribution >= 0.6 is 27.5 Å². The molecule has 0 saturated carbocycles. The SMILES string of the molecule is CNC(CCC1CCCO1)c1ccc(Br)c(Cl)c1. The molecule has 1 N–H and O–H groups in total. The van der Waals surface area contributed by atoms with E-state index in [2.05, 4.69) is 27.3 Å². The monoisotopic (exact) mass is 331 g/mol. The van der Waals surface area contributed by atoms with E-state index < -0.39 is 0 Å². The average Bonchev–Trinajstić information content (AvgIpc) is 2.87. The molecule has 2 atom stereocenters. The summed E-state index contributed by atoms with van der Waals surface area (Å²) < 4.78 is 6.61. The van der Waals surface area contributed by atoms with Gasteiger partial charge in [-0.3, -0.25) is 0 Å². The highest BCUT2D eigenvalue weighted by atomic mass is 79.9. The molecule has 0 amide bonds. The van der Waals surface area contributed by atoms with E-state index in [1.807, 2.05) is 19.2 Å². The number of benzene rings is 1. The summed E-state index contributed by atoms with van der Waals surface area (Å²) in [5.74, 6) is 0. The van der Waals surface area contributed by atoms with Gasteiger partial charge in [-0.25, -0.2) is 0 Å². The van der Waals surface area contributed by atoms with Crippen molar-refractivity contribution < 1.29 is 4.74 Å². The number of halogens is 2. The van der Waals surface area contributed by atoms with E-state index in [-0.39, 0.29) is 0 Å². The normalized spacial score (nSPS) is 21.2. The van der Waals surface area contributed by atoms with Crippen molar-refractivity contribution in [1.82, 2.24) is 5.32 Å². The third-order valence-corrected chi connectivity index (χ3v) is 4.73. The first-order valence-corrected chi connectivity index (χ1v) is 7.61. The molecule has 0 aliphatic carbocycles. The van der Waals surface area contributed by atoms with E-state index in [1.165, 1.54) is 18.4 Å². The Kier molecular flexibility index (Phi) is 5.49. The molecule has 1 aliphatic rings. The molecule has 1 saturated heterocycles. The second-order valence-electron chi connectivity index (χ2n) is 4.73. The molecule has 0 aromatic heterocycles. The van der Waals surface area contributed by atoms with Crippen molar-refractivity contribution in [2.75, 3.05) is 13.7 Å².